The van der Waals surface area contributed by atoms with E-state index in [-0.39, 0.29) is 5.38 Å². The molecule has 0 aliphatic carbocycles. The Morgan fingerprint density at radius 3 is 2.67 bits per heavy atom. The monoisotopic (exact) mass is 208 g/mol. The summed E-state index contributed by atoms with van der Waals surface area (Å²) in [7, 11) is 0. The van der Waals surface area contributed by atoms with Crippen LogP contribution in [0.4, 0.5) is 0 Å². The molecular weight excluding hydrogens is 203 g/mol. The van der Waals surface area contributed by atoms with Crippen molar-refractivity contribution in [1.82, 2.24) is 0 Å². The Labute approximate surface area is 67.1 Å². The van der Waals surface area contributed by atoms with E-state index in [1.807, 2.05) is 13.0 Å². The van der Waals surface area contributed by atoms with Gasteiger partial charge in [0.15, 0.2) is 0 Å². The molecule has 1 heterocycles. The maximum Gasteiger partial charge on any atom is 0.122 e. The van der Waals surface area contributed by atoms with Crippen LogP contribution < -0.4 is 0 Å². The second-order valence-electron chi connectivity index (χ2n) is 1.78. The Bertz CT molecular complexity index is 195. The Kier molecular flexibility index (Phi) is 2.19. The van der Waals surface area contributed by atoms with E-state index in [4.69, 9.17) is 16.0 Å². The molecule has 1 nitrogen and oxygen atoms in total. The molecule has 0 saturated carbocycles. The van der Waals surface area contributed by atoms with E-state index in [1.165, 1.54) is 0 Å². The fourth-order valence-electron chi connectivity index (χ4n) is 0.537. The Morgan fingerprint density at radius 1 is 1.78 bits per heavy atom. The zero-order chi connectivity index (χ0) is 6.85. The highest BCUT2D eigenvalue weighted by Crippen LogP contribution is 2.23. The molecule has 0 aliphatic rings. The molecule has 0 amide bonds. The van der Waals surface area contributed by atoms with E-state index in [9.17, 15) is 0 Å². The Balaban J connectivity index is 2.85. The molecule has 9 heavy (non-hydrogen) atoms. The van der Waals surface area contributed by atoms with Crippen molar-refractivity contribution < 1.29 is 4.42 Å². The molecule has 0 saturated heterocycles. The highest BCUT2D eigenvalue weighted by atomic mass is 79.9. The molecule has 0 N–H and O–H groups in total. The number of alkyl halides is 1. The third kappa shape index (κ3) is 1.73. The van der Waals surface area contributed by atoms with E-state index >= 15 is 0 Å². The smallest absolute Gasteiger partial charge is 0.122 e. The summed E-state index contributed by atoms with van der Waals surface area (Å²) in [5.74, 6) is 0.795. The number of hydrogen-bond donors (Lipinski definition) is 0. The molecule has 50 valence electrons. The normalized spacial score (nSPS) is 13.7. The highest BCUT2D eigenvalue weighted by Gasteiger charge is 2.04. The van der Waals surface area contributed by atoms with Gasteiger partial charge in [-0.3, -0.25) is 0 Å². The number of rotatable bonds is 1. The van der Waals surface area contributed by atoms with Crippen molar-refractivity contribution in [3.8, 4) is 0 Å². The van der Waals surface area contributed by atoms with Gasteiger partial charge in [-0.25, -0.2) is 0 Å². The number of halogens is 2. The van der Waals surface area contributed by atoms with Crippen molar-refractivity contribution >= 4 is 27.5 Å². The number of hydrogen-bond acceptors (Lipinski definition) is 1. The lowest BCUT2D eigenvalue weighted by Crippen LogP contribution is -1.75. The van der Waals surface area contributed by atoms with Crippen molar-refractivity contribution in [2.75, 3.05) is 0 Å². The average molecular weight is 209 g/mol. The van der Waals surface area contributed by atoms with Crippen molar-refractivity contribution in [1.29, 1.82) is 0 Å². The molecule has 0 bridgehead atoms. The highest BCUT2D eigenvalue weighted by molar-refractivity contribution is 9.10. The zero-order valence-corrected chi connectivity index (χ0v) is 7.24. The van der Waals surface area contributed by atoms with Crippen molar-refractivity contribution in [2.24, 2.45) is 0 Å². The van der Waals surface area contributed by atoms with Gasteiger partial charge >= 0.3 is 0 Å². The quantitative estimate of drug-likeness (QED) is 0.647. The van der Waals surface area contributed by atoms with Gasteiger partial charge in [-0.05, 0) is 28.9 Å². The molecule has 0 spiro atoms. The first-order chi connectivity index (χ1) is 4.20. The van der Waals surface area contributed by atoms with Crippen LogP contribution in [0, 0.1) is 0 Å². The van der Waals surface area contributed by atoms with E-state index in [1.54, 1.807) is 6.26 Å². The van der Waals surface area contributed by atoms with Crippen molar-refractivity contribution in [3.63, 3.8) is 0 Å². The molecule has 0 radical (unpaired) electrons. The molecular formula is C6H6BrClO. The second kappa shape index (κ2) is 2.76. The predicted octanol–water partition coefficient (Wildman–Crippen LogP) is 3.34. The lowest BCUT2D eigenvalue weighted by Gasteiger charge is -1.92. The van der Waals surface area contributed by atoms with Gasteiger partial charge in [-0.15, -0.1) is 11.6 Å². The van der Waals surface area contributed by atoms with Crippen LogP contribution >= 0.6 is 27.5 Å². The topological polar surface area (TPSA) is 13.1 Å². The Morgan fingerprint density at radius 2 is 2.44 bits per heavy atom. The summed E-state index contributed by atoms with van der Waals surface area (Å²) in [6.07, 6.45) is 1.62. The zero-order valence-electron chi connectivity index (χ0n) is 4.90. The molecule has 1 atom stereocenters. The lowest BCUT2D eigenvalue weighted by atomic mass is 10.4. The van der Waals surface area contributed by atoms with E-state index in [0.717, 1.165) is 10.2 Å². The summed E-state index contributed by atoms with van der Waals surface area (Å²) >= 11 is 8.95. The average Bonchev–Trinajstić information content (AvgIpc) is 2.14. The summed E-state index contributed by atoms with van der Waals surface area (Å²) in [5, 5.41) is -0.0451. The van der Waals surface area contributed by atoms with E-state index in [0.29, 0.717) is 0 Å². The minimum absolute atomic E-state index is 0.0451. The van der Waals surface area contributed by atoms with Crippen molar-refractivity contribution in [2.45, 2.75) is 12.3 Å². The van der Waals surface area contributed by atoms with Gasteiger partial charge in [0.2, 0.25) is 0 Å². The lowest BCUT2D eigenvalue weighted by molar-refractivity contribution is 0.510. The van der Waals surface area contributed by atoms with Crippen LogP contribution in [0.15, 0.2) is 21.2 Å². The van der Waals surface area contributed by atoms with Gasteiger partial charge < -0.3 is 4.42 Å². The molecule has 0 aromatic carbocycles. The fraction of sp³-hybridized carbons (Fsp3) is 0.333. The molecule has 0 aliphatic heterocycles. The largest absolute Gasteiger partial charge is 0.467 e. The van der Waals surface area contributed by atoms with Crippen LogP contribution in [0.3, 0.4) is 0 Å². The first-order valence-electron chi connectivity index (χ1n) is 2.58. The maximum atomic E-state index is 5.70. The summed E-state index contributed by atoms with van der Waals surface area (Å²) in [6, 6.07) is 1.86. The third-order valence-electron chi connectivity index (χ3n) is 0.980. The minimum atomic E-state index is -0.0451. The van der Waals surface area contributed by atoms with Crippen LogP contribution in [0.2, 0.25) is 0 Å². The molecule has 1 unspecified atom stereocenters. The van der Waals surface area contributed by atoms with E-state index in [2.05, 4.69) is 15.9 Å². The molecule has 1 aromatic rings. The van der Waals surface area contributed by atoms with Gasteiger partial charge in [0, 0.05) is 0 Å². The van der Waals surface area contributed by atoms with Gasteiger partial charge in [0.05, 0.1) is 9.85 Å². The van der Waals surface area contributed by atoms with Crippen LogP contribution in [0.5, 0.6) is 0 Å². The molecule has 0 fully saturated rings. The van der Waals surface area contributed by atoms with Crippen LogP contribution in [0.25, 0.3) is 0 Å². The summed E-state index contributed by atoms with van der Waals surface area (Å²) in [4.78, 5) is 0. The minimum Gasteiger partial charge on any atom is -0.467 e. The van der Waals surface area contributed by atoms with Gasteiger partial charge in [0.25, 0.3) is 0 Å². The third-order valence-corrected chi connectivity index (χ3v) is 1.61. The van der Waals surface area contributed by atoms with E-state index < -0.39 is 0 Å². The SMILES string of the molecule is CC(Cl)c1cc(Br)co1. The summed E-state index contributed by atoms with van der Waals surface area (Å²) in [5.41, 5.74) is 0. The van der Waals surface area contributed by atoms with Crippen LogP contribution in [-0.2, 0) is 0 Å². The Hall–Kier alpha value is 0.0500. The van der Waals surface area contributed by atoms with Gasteiger partial charge in [0.1, 0.15) is 12.0 Å². The van der Waals surface area contributed by atoms with Crippen molar-refractivity contribution in [3.05, 3.63) is 22.6 Å². The first kappa shape index (κ1) is 7.16. The van der Waals surface area contributed by atoms with Gasteiger partial charge in [-0.2, -0.15) is 0 Å². The molecule has 3 heteroatoms. The molecule has 1 rings (SSSR count). The summed E-state index contributed by atoms with van der Waals surface area (Å²) < 4.78 is 5.98. The number of furan rings is 1. The van der Waals surface area contributed by atoms with Crippen LogP contribution in [0.1, 0.15) is 18.1 Å². The van der Waals surface area contributed by atoms with Crippen LogP contribution in [-0.4, -0.2) is 0 Å². The predicted molar refractivity (Wildman–Crippen MR) is 40.7 cm³/mol. The standard InChI is InChI=1S/C6H6BrClO/c1-4(8)6-2-5(7)3-9-6/h2-4H,1H3. The summed E-state index contributed by atoms with van der Waals surface area (Å²) in [6.45, 7) is 1.87. The van der Waals surface area contributed by atoms with Gasteiger partial charge in [-0.1, -0.05) is 0 Å². The molecule has 1 aromatic heterocycles. The maximum absolute atomic E-state index is 5.70. The fourth-order valence-corrected chi connectivity index (χ4v) is 0.970. The second-order valence-corrected chi connectivity index (χ2v) is 3.35. The first-order valence-corrected chi connectivity index (χ1v) is 3.81.